The van der Waals surface area contributed by atoms with E-state index in [4.69, 9.17) is 23.3 Å². The molecule has 0 spiro atoms. The van der Waals surface area contributed by atoms with Gasteiger partial charge in [-0.1, -0.05) is 134 Å². The minimum atomic E-state index is -4.31. The lowest BCUT2D eigenvalue weighted by atomic mass is 10.0. The van der Waals surface area contributed by atoms with Gasteiger partial charge in [-0.2, -0.15) is 0 Å². The molecule has 1 rings (SSSR count). The van der Waals surface area contributed by atoms with E-state index >= 15 is 0 Å². The summed E-state index contributed by atoms with van der Waals surface area (Å²) in [5.74, 6) is -0.397. The molecule has 0 radical (unpaired) electrons. The number of likely N-dealkylation sites (N-methyl/N-ethyl adjacent to an activating group) is 1. The van der Waals surface area contributed by atoms with Gasteiger partial charge in [-0.15, -0.1) is 0 Å². The Balaban J connectivity index is 2.32. The van der Waals surface area contributed by atoms with E-state index < -0.39 is 19.9 Å². The van der Waals surface area contributed by atoms with E-state index in [1.807, 2.05) is 27.2 Å². The van der Waals surface area contributed by atoms with Crippen LogP contribution in [0.3, 0.4) is 0 Å². The second kappa shape index (κ2) is 33.4. The topological polar surface area (TPSA) is 104 Å². The summed E-state index contributed by atoms with van der Waals surface area (Å²) in [6, 6.07) is 0. The van der Waals surface area contributed by atoms with Crippen molar-refractivity contribution in [1.82, 2.24) is 0 Å². The minimum absolute atomic E-state index is 0.0185. The Labute approximate surface area is 331 Å². The van der Waals surface area contributed by atoms with Gasteiger partial charge in [0.1, 0.15) is 19.8 Å². The Kier molecular flexibility index (Phi) is 31.1. The van der Waals surface area contributed by atoms with Crippen LogP contribution in [0.4, 0.5) is 0 Å². The summed E-state index contributed by atoms with van der Waals surface area (Å²) in [7, 11) is 1.58. The number of nitrogens with zero attached hydrogens (tertiary/aromatic N) is 1. The van der Waals surface area contributed by atoms with Gasteiger partial charge < -0.3 is 23.6 Å². The second-order valence-corrected chi connectivity index (χ2v) is 17.3. The van der Waals surface area contributed by atoms with E-state index in [2.05, 4.69) is 50.3 Å². The smallest absolute Gasteiger partial charge is 0.472 e. The van der Waals surface area contributed by atoms with Crippen LogP contribution in [-0.4, -0.2) is 81.2 Å². The normalized spacial score (nSPS) is 18.0. The molecule has 0 aromatic rings. The Bertz CT molecular complexity index is 1070. The van der Waals surface area contributed by atoms with Crippen LogP contribution in [0.25, 0.3) is 0 Å². The van der Waals surface area contributed by atoms with Crippen molar-refractivity contribution in [3.63, 3.8) is 0 Å². The molecule has 1 fully saturated rings. The van der Waals surface area contributed by atoms with Gasteiger partial charge in [0.2, 0.25) is 0 Å². The number of quaternary nitrogens is 1. The molecule has 54 heavy (non-hydrogen) atoms. The van der Waals surface area contributed by atoms with E-state index in [0.29, 0.717) is 17.4 Å². The molecule has 314 valence electrons. The van der Waals surface area contributed by atoms with Gasteiger partial charge in [-0.05, 0) is 63.9 Å². The number of phosphoric acid groups is 1. The van der Waals surface area contributed by atoms with Crippen molar-refractivity contribution in [2.45, 2.75) is 180 Å². The van der Waals surface area contributed by atoms with E-state index in [-0.39, 0.29) is 38.4 Å². The number of hydrogen-bond donors (Lipinski definition) is 1. The molecule has 0 saturated carbocycles. The van der Waals surface area contributed by atoms with Crippen molar-refractivity contribution >= 4 is 13.8 Å². The molecule has 4 atom stereocenters. The standard InChI is InChI=1S/C44H80NO8P/c1-6-8-10-12-14-16-18-20-21-23-25-27-29-31-37-49-39-41(40-51-54(47,48)50-38-36-45(3,4)5)52-44(46)35-32-34-43-42(53-43)33-30-28-26-24-22-19-17-15-13-11-9-7-2/h15,17,22,24,28,30-31,37,41-43H,6-14,16,18-21,23,25-27,29,32-36,38-40H2,1-5H3/p+1/b17-15-,24-22-,30-28-,37-31+/t41-,42?,43?/m1/s1. The van der Waals surface area contributed by atoms with Gasteiger partial charge in [0.25, 0.3) is 0 Å². The van der Waals surface area contributed by atoms with Gasteiger partial charge >= 0.3 is 13.8 Å². The van der Waals surface area contributed by atoms with Crippen LogP contribution >= 0.6 is 7.82 Å². The van der Waals surface area contributed by atoms with Gasteiger partial charge in [0.05, 0.1) is 46.2 Å². The number of carbonyl (C=O) groups excluding carboxylic acids is 1. The lowest BCUT2D eigenvalue weighted by Gasteiger charge is -2.24. The maximum absolute atomic E-state index is 12.7. The van der Waals surface area contributed by atoms with Crippen molar-refractivity contribution in [3.05, 3.63) is 48.8 Å². The Morgan fingerprint density at radius 1 is 0.704 bits per heavy atom. The molecule has 0 aromatic carbocycles. The number of carbonyl (C=O) groups is 1. The van der Waals surface area contributed by atoms with Crippen molar-refractivity contribution < 1.29 is 42.0 Å². The SMILES string of the molecule is CCCCC/C=C\C/C=C\C/C=C\CC1OC1CCCC(=O)O[C@H](CO/C=C/CCCCCCCCCCCCCC)COP(=O)(O)OCC[N+](C)(C)C. The summed E-state index contributed by atoms with van der Waals surface area (Å²) in [6.45, 7) is 4.81. The van der Waals surface area contributed by atoms with Gasteiger partial charge in [-0.3, -0.25) is 13.8 Å². The Hall–Kier alpha value is -1.74. The molecule has 1 N–H and O–H groups in total. The minimum Gasteiger partial charge on any atom is -0.498 e. The zero-order valence-electron chi connectivity index (χ0n) is 35.1. The summed E-state index contributed by atoms with van der Waals surface area (Å²) in [5, 5.41) is 0. The number of ether oxygens (including phenoxy) is 3. The Morgan fingerprint density at radius 3 is 1.91 bits per heavy atom. The number of rotatable bonds is 38. The second-order valence-electron chi connectivity index (χ2n) is 15.8. The highest BCUT2D eigenvalue weighted by Gasteiger charge is 2.36. The third-order valence-corrected chi connectivity index (χ3v) is 10.4. The highest BCUT2D eigenvalue weighted by atomic mass is 31.2. The van der Waals surface area contributed by atoms with E-state index in [1.165, 1.54) is 96.3 Å². The van der Waals surface area contributed by atoms with Crippen LogP contribution in [0.1, 0.15) is 162 Å². The first-order valence-electron chi connectivity index (χ1n) is 21.5. The van der Waals surface area contributed by atoms with E-state index in [9.17, 15) is 14.3 Å². The predicted molar refractivity (Wildman–Crippen MR) is 223 cm³/mol. The summed E-state index contributed by atoms with van der Waals surface area (Å²) >= 11 is 0. The van der Waals surface area contributed by atoms with E-state index in [1.54, 1.807) is 6.26 Å². The third-order valence-electron chi connectivity index (χ3n) is 9.38. The highest BCUT2D eigenvalue weighted by Crippen LogP contribution is 2.43. The first-order chi connectivity index (χ1) is 26.1. The zero-order chi connectivity index (χ0) is 39.6. The number of epoxide rings is 1. The van der Waals surface area contributed by atoms with Gasteiger partial charge in [-0.25, -0.2) is 4.57 Å². The zero-order valence-corrected chi connectivity index (χ0v) is 36.0. The van der Waals surface area contributed by atoms with Crippen molar-refractivity contribution in [2.24, 2.45) is 0 Å². The molecule has 0 aromatic heterocycles. The molecule has 9 nitrogen and oxygen atoms in total. The van der Waals surface area contributed by atoms with Crippen LogP contribution < -0.4 is 0 Å². The lowest BCUT2D eigenvalue weighted by molar-refractivity contribution is -0.870. The van der Waals surface area contributed by atoms with Crippen molar-refractivity contribution in [1.29, 1.82) is 0 Å². The number of unbranched alkanes of at least 4 members (excludes halogenated alkanes) is 15. The molecular weight excluding hydrogens is 701 g/mol. The fourth-order valence-electron chi connectivity index (χ4n) is 5.90. The molecule has 1 aliphatic heterocycles. The summed E-state index contributed by atoms with van der Waals surface area (Å²) in [4.78, 5) is 22.9. The molecule has 0 amide bonds. The van der Waals surface area contributed by atoms with Crippen molar-refractivity contribution in [3.8, 4) is 0 Å². The molecule has 1 saturated heterocycles. The average Bonchev–Trinajstić information content (AvgIpc) is 3.87. The monoisotopic (exact) mass is 783 g/mol. The maximum atomic E-state index is 12.7. The van der Waals surface area contributed by atoms with Crippen LogP contribution in [0.15, 0.2) is 48.8 Å². The average molecular weight is 783 g/mol. The summed E-state index contributed by atoms with van der Waals surface area (Å²) in [5.41, 5.74) is 0. The molecule has 1 aliphatic rings. The quantitative estimate of drug-likeness (QED) is 0.0126. The molecule has 10 heteroatoms. The van der Waals surface area contributed by atoms with Crippen molar-refractivity contribution in [2.75, 3.05) is 47.5 Å². The maximum Gasteiger partial charge on any atom is 0.472 e. The number of allylic oxidation sites excluding steroid dienone is 6. The Morgan fingerprint density at radius 2 is 1.26 bits per heavy atom. The fourth-order valence-corrected chi connectivity index (χ4v) is 6.64. The predicted octanol–water partition coefficient (Wildman–Crippen LogP) is 11.7. The molecule has 1 heterocycles. The van der Waals surface area contributed by atoms with Crippen LogP contribution in [-0.2, 0) is 32.6 Å². The number of esters is 1. The van der Waals surface area contributed by atoms with Crippen LogP contribution in [0.5, 0.6) is 0 Å². The summed E-state index contributed by atoms with van der Waals surface area (Å²) < 4.78 is 40.5. The molecule has 0 bridgehead atoms. The first-order valence-corrected chi connectivity index (χ1v) is 23.0. The van der Waals surface area contributed by atoms with Gasteiger partial charge in [0.15, 0.2) is 6.10 Å². The number of phosphoric ester groups is 1. The third kappa shape index (κ3) is 33.6. The summed E-state index contributed by atoms with van der Waals surface area (Å²) in [6.07, 6.45) is 42.5. The van der Waals surface area contributed by atoms with Gasteiger partial charge in [0, 0.05) is 6.42 Å². The first kappa shape index (κ1) is 50.3. The van der Waals surface area contributed by atoms with E-state index in [0.717, 1.165) is 38.5 Å². The molecule has 3 unspecified atom stereocenters. The fraction of sp³-hybridized carbons (Fsp3) is 0.795. The lowest BCUT2D eigenvalue weighted by Crippen LogP contribution is -2.37. The molecule has 0 aliphatic carbocycles. The molecular formula is C44H81NO8P+. The highest BCUT2D eigenvalue weighted by molar-refractivity contribution is 7.47. The number of hydrogen-bond acceptors (Lipinski definition) is 7. The van der Waals surface area contributed by atoms with Crippen LogP contribution in [0.2, 0.25) is 0 Å². The van der Waals surface area contributed by atoms with Crippen LogP contribution in [0, 0.1) is 0 Å². The largest absolute Gasteiger partial charge is 0.498 e.